The molecule has 11 heteroatoms. The zero-order chi connectivity index (χ0) is 21.4. The number of thiazole rings is 1. The number of aromatic nitrogens is 3. The van der Waals surface area contributed by atoms with E-state index in [-0.39, 0.29) is 24.0 Å². The Kier molecular flexibility index (Phi) is 9.75. The minimum absolute atomic E-state index is 0. The van der Waals surface area contributed by atoms with Crippen molar-refractivity contribution in [2.45, 2.75) is 32.6 Å². The predicted molar refractivity (Wildman–Crippen MR) is 127 cm³/mol. The summed E-state index contributed by atoms with van der Waals surface area (Å²) in [6.45, 7) is 4.25. The Morgan fingerprint density at radius 1 is 1.19 bits per heavy atom. The smallest absolute Gasteiger partial charge is 0.357 e. The van der Waals surface area contributed by atoms with Crippen LogP contribution in [0.5, 0.6) is 0 Å². The van der Waals surface area contributed by atoms with Gasteiger partial charge >= 0.3 is 6.18 Å². The first-order chi connectivity index (χ1) is 14.4. The summed E-state index contributed by atoms with van der Waals surface area (Å²) >= 11 is 1.02. The molecule has 3 aromatic rings. The molecule has 0 aliphatic carbocycles. The molecular weight excluding hydrogens is 540 g/mol. The molecule has 0 amide bonds. The Balaban J connectivity index is 0.00000341. The number of benzene rings is 1. The number of alkyl halides is 3. The molecule has 0 fully saturated rings. The molecule has 0 unspecified atom stereocenters. The van der Waals surface area contributed by atoms with Crippen LogP contribution in [0, 0.1) is 0 Å². The Morgan fingerprint density at radius 3 is 2.68 bits per heavy atom. The summed E-state index contributed by atoms with van der Waals surface area (Å²) in [5.74, 6) is 0.614. The lowest BCUT2D eigenvalue weighted by Gasteiger charge is -2.11. The maximum absolute atomic E-state index is 12.6. The molecule has 0 aliphatic heterocycles. The number of hydrogen-bond acceptors (Lipinski definition) is 4. The van der Waals surface area contributed by atoms with Gasteiger partial charge in [0.15, 0.2) is 11.7 Å². The standard InChI is InChI=1S/C20H23F3N6S.HI/c1-2-24-19(25-9-7-18-28-17(14-30-18)20(21,22)23)26-12-15-5-3-6-16(11-15)13-29-10-4-8-27-29;/h3-6,8,10-11,14H,2,7,9,12-13H2,1H3,(H2,24,25,26);1H. The van der Waals surface area contributed by atoms with Crippen LogP contribution < -0.4 is 10.6 Å². The average Bonchev–Trinajstić information content (AvgIpc) is 3.38. The minimum Gasteiger partial charge on any atom is -0.357 e. The van der Waals surface area contributed by atoms with E-state index < -0.39 is 11.9 Å². The summed E-state index contributed by atoms with van der Waals surface area (Å²) in [6.07, 6.45) is -0.342. The number of rotatable bonds is 8. The molecule has 0 saturated heterocycles. The van der Waals surface area contributed by atoms with Crippen LogP contribution in [0.2, 0.25) is 0 Å². The van der Waals surface area contributed by atoms with E-state index in [1.807, 2.05) is 42.1 Å². The lowest BCUT2D eigenvalue weighted by Crippen LogP contribution is -2.38. The number of nitrogens with zero attached hydrogens (tertiary/aromatic N) is 4. The molecule has 0 atom stereocenters. The van der Waals surface area contributed by atoms with Gasteiger partial charge in [0.1, 0.15) is 0 Å². The van der Waals surface area contributed by atoms with Gasteiger partial charge in [-0.15, -0.1) is 35.3 Å². The molecule has 0 bridgehead atoms. The fraction of sp³-hybridized carbons (Fsp3) is 0.350. The zero-order valence-corrected chi connectivity index (χ0v) is 20.0. The van der Waals surface area contributed by atoms with E-state index in [1.54, 1.807) is 6.20 Å². The minimum atomic E-state index is -4.40. The molecule has 2 N–H and O–H groups in total. The third-order valence-corrected chi connectivity index (χ3v) is 5.04. The highest BCUT2D eigenvalue weighted by atomic mass is 127. The topological polar surface area (TPSA) is 67.1 Å². The monoisotopic (exact) mass is 564 g/mol. The largest absolute Gasteiger partial charge is 0.434 e. The van der Waals surface area contributed by atoms with Gasteiger partial charge in [0.25, 0.3) is 0 Å². The molecule has 31 heavy (non-hydrogen) atoms. The van der Waals surface area contributed by atoms with Crippen molar-refractivity contribution in [3.8, 4) is 0 Å². The molecule has 0 saturated carbocycles. The molecule has 168 valence electrons. The second-order valence-electron chi connectivity index (χ2n) is 6.52. The van der Waals surface area contributed by atoms with Gasteiger partial charge in [-0.1, -0.05) is 24.3 Å². The summed E-state index contributed by atoms with van der Waals surface area (Å²) in [5, 5.41) is 12.0. The van der Waals surface area contributed by atoms with Gasteiger partial charge in [0.05, 0.1) is 18.1 Å². The van der Waals surface area contributed by atoms with Gasteiger partial charge in [-0.05, 0) is 24.1 Å². The summed E-state index contributed by atoms with van der Waals surface area (Å²) in [5.41, 5.74) is 1.36. The predicted octanol–water partition coefficient (Wildman–Crippen LogP) is 4.32. The lowest BCUT2D eigenvalue weighted by molar-refractivity contribution is -0.140. The summed E-state index contributed by atoms with van der Waals surface area (Å²) in [7, 11) is 0. The highest BCUT2D eigenvalue weighted by Crippen LogP contribution is 2.29. The molecule has 1 aromatic carbocycles. The van der Waals surface area contributed by atoms with Crippen molar-refractivity contribution in [3.63, 3.8) is 0 Å². The number of aliphatic imine (C=N–C) groups is 1. The van der Waals surface area contributed by atoms with Crippen LogP contribution in [0.3, 0.4) is 0 Å². The van der Waals surface area contributed by atoms with Crippen LogP contribution in [0.25, 0.3) is 0 Å². The van der Waals surface area contributed by atoms with Gasteiger partial charge in [-0.3, -0.25) is 4.68 Å². The normalized spacial score (nSPS) is 11.8. The maximum atomic E-state index is 12.6. The van der Waals surface area contributed by atoms with Crippen molar-refractivity contribution in [3.05, 3.63) is 69.9 Å². The Hall–Kier alpha value is -2.15. The molecule has 2 aromatic heterocycles. The van der Waals surface area contributed by atoms with E-state index in [0.717, 1.165) is 27.8 Å². The Morgan fingerprint density at radius 2 is 2.00 bits per heavy atom. The SMILES string of the molecule is CCNC(=NCc1cccc(Cn2cccn2)c1)NCCc1nc(C(F)(F)F)cs1.I. The van der Waals surface area contributed by atoms with Gasteiger partial charge in [0, 0.05) is 37.3 Å². The maximum Gasteiger partial charge on any atom is 0.434 e. The second kappa shape index (κ2) is 12.0. The number of halogens is 4. The van der Waals surface area contributed by atoms with Crippen LogP contribution >= 0.6 is 35.3 Å². The summed E-state index contributed by atoms with van der Waals surface area (Å²) in [4.78, 5) is 8.22. The van der Waals surface area contributed by atoms with Crippen LogP contribution in [0.4, 0.5) is 13.2 Å². The zero-order valence-electron chi connectivity index (χ0n) is 16.9. The number of guanidine groups is 1. The van der Waals surface area contributed by atoms with E-state index in [0.29, 0.717) is 43.6 Å². The average molecular weight is 564 g/mol. The van der Waals surface area contributed by atoms with Crippen LogP contribution in [0.15, 0.2) is 53.1 Å². The van der Waals surface area contributed by atoms with E-state index in [9.17, 15) is 13.2 Å². The third-order valence-electron chi connectivity index (χ3n) is 4.13. The van der Waals surface area contributed by atoms with E-state index in [4.69, 9.17) is 0 Å². The first-order valence-electron chi connectivity index (χ1n) is 9.53. The molecule has 0 aliphatic rings. The summed E-state index contributed by atoms with van der Waals surface area (Å²) in [6, 6.07) is 10.0. The van der Waals surface area contributed by atoms with Gasteiger partial charge in [-0.25, -0.2) is 9.98 Å². The van der Waals surface area contributed by atoms with Crippen molar-refractivity contribution in [1.29, 1.82) is 0 Å². The van der Waals surface area contributed by atoms with Crippen molar-refractivity contribution in [2.75, 3.05) is 13.1 Å². The number of hydrogen-bond donors (Lipinski definition) is 2. The fourth-order valence-electron chi connectivity index (χ4n) is 2.76. The quantitative estimate of drug-likeness (QED) is 0.243. The van der Waals surface area contributed by atoms with Crippen LogP contribution in [-0.2, 0) is 25.7 Å². The number of nitrogens with one attached hydrogen (secondary N) is 2. The second-order valence-corrected chi connectivity index (χ2v) is 7.46. The highest BCUT2D eigenvalue weighted by Gasteiger charge is 2.33. The highest BCUT2D eigenvalue weighted by molar-refractivity contribution is 14.0. The van der Waals surface area contributed by atoms with Gasteiger partial charge in [-0.2, -0.15) is 18.3 Å². The third kappa shape index (κ3) is 8.13. The van der Waals surface area contributed by atoms with Crippen molar-refractivity contribution in [2.24, 2.45) is 4.99 Å². The van der Waals surface area contributed by atoms with Crippen LogP contribution in [0.1, 0.15) is 28.8 Å². The van der Waals surface area contributed by atoms with Gasteiger partial charge in [0.2, 0.25) is 0 Å². The van der Waals surface area contributed by atoms with Crippen molar-refractivity contribution < 1.29 is 13.2 Å². The summed E-state index contributed by atoms with van der Waals surface area (Å²) < 4.78 is 39.8. The molecule has 2 heterocycles. The van der Waals surface area contributed by atoms with E-state index in [1.165, 1.54) is 0 Å². The first-order valence-corrected chi connectivity index (χ1v) is 10.4. The Labute approximate surface area is 200 Å². The van der Waals surface area contributed by atoms with E-state index >= 15 is 0 Å². The Bertz CT molecular complexity index is 956. The lowest BCUT2D eigenvalue weighted by atomic mass is 10.1. The molecule has 3 rings (SSSR count). The fourth-order valence-corrected chi connectivity index (χ4v) is 3.57. The molecular formula is C20H24F3IN6S. The van der Waals surface area contributed by atoms with Crippen LogP contribution in [-0.4, -0.2) is 33.8 Å². The molecule has 0 spiro atoms. The molecule has 0 radical (unpaired) electrons. The van der Waals surface area contributed by atoms with Crippen molar-refractivity contribution >= 4 is 41.3 Å². The van der Waals surface area contributed by atoms with Crippen molar-refractivity contribution in [1.82, 2.24) is 25.4 Å². The van der Waals surface area contributed by atoms with Gasteiger partial charge < -0.3 is 10.6 Å². The van der Waals surface area contributed by atoms with E-state index in [2.05, 4.69) is 31.8 Å². The first kappa shape index (κ1) is 25.1. The molecule has 6 nitrogen and oxygen atoms in total.